The predicted molar refractivity (Wildman–Crippen MR) is 68.1 cm³/mol. The van der Waals surface area contributed by atoms with E-state index in [0.29, 0.717) is 5.92 Å². The van der Waals surface area contributed by atoms with E-state index in [-0.39, 0.29) is 0 Å². The minimum atomic E-state index is 0.653. The van der Waals surface area contributed by atoms with Gasteiger partial charge in [-0.05, 0) is 25.9 Å². The van der Waals surface area contributed by atoms with Gasteiger partial charge in [0.05, 0.1) is 5.01 Å². The van der Waals surface area contributed by atoms with Crippen LogP contribution >= 0.6 is 22.7 Å². The molecule has 0 unspecified atom stereocenters. The van der Waals surface area contributed by atoms with Crippen molar-refractivity contribution in [3.05, 3.63) is 22.0 Å². The molecule has 1 fully saturated rings. The molecule has 1 aliphatic heterocycles. The molecule has 1 saturated heterocycles. The van der Waals surface area contributed by atoms with Crippen molar-refractivity contribution in [1.82, 2.24) is 15.3 Å². The highest BCUT2D eigenvalue weighted by Crippen LogP contribution is 2.31. The predicted octanol–water partition coefficient (Wildman–Crippen LogP) is 2.73. The number of rotatable bonds is 2. The Kier molecular flexibility index (Phi) is 2.99. The molecule has 0 spiro atoms. The summed E-state index contributed by atoms with van der Waals surface area (Å²) in [5.74, 6) is 0.653. The lowest BCUT2D eigenvalue weighted by Crippen LogP contribution is -2.26. The van der Waals surface area contributed by atoms with Crippen LogP contribution in [0.25, 0.3) is 10.7 Å². The van der Waals surface area contributed by atoms with Gasteiger partial charge in [0, 0.05) is 22.9 Å². The number of hydrogen-bond donors (Lipinski definition) is 1. The molecule has 0 atom stereocenters. The third-order valence-corrected chi connectivity index (χ3v) is 4.66. The van der Waals surface area contributed by atoms with Crippen LogP contribution in [-0.2, 0) is 0 Å². The van der Waals surface area contributed by atoms with Crippen LogP contribution in [-0.4, -0.2) is 23.1 Å². The number of piperidine rings is 1. The second-order valence-electron chi connectivity index (χ2n) is 3.93. The second-order valence-corrected chi connectivity index (χ2v) is 5.72. The molecule has 2 aromatic rings. The molecule has 16 heavy (non-hydrogen) atoms. The summed E-state index contributed by atoms with van der Waals surface area (Å²) < 4.78 is 0. The largest absolute Gasteiger partial charge is 0.317 e. The maximum atomic E-state index is 4.72. The molecule has 0 radical (unpaired) electrons. The topological polar surface area (TPSA) is 37.8 Å². The van der Waals surface area contributed by atoms with E-state index in [0.717, 1.165) is 23.8 Å². The van der Waals surface area contributed by atoms with Gasteiger partial charge in [-0.25, -0.2) is 9.97 Å². The summed E-state index contributed by atoms with van der Waals surface area (Å²) in [6, 6.07) is 0. The van der Waals surface area contributed by atoms with Crippen molar-refractivity contribution < 1.29 is 0 Å². The Hall–Kier alpha value is -0.780. The van der Waals surface area contributed by atoms with Crippen LogP contribution < -0.4 is 5.32 Å². The molecule has 0 aliphatic carbocycles. The van der Waals surface area contributed by atoms with E-state index in [4.69, 9.17) is 4.98 Å². The first-order chi connectivity index (χ1) is 7.93. The highest BCUT2D eigenvalue weighted by molar-refractivity contribution is 7.14. The maximum absolute atomic E-state index is 4.72. The molecule has 0 bridgehead atoms. The molecule has 5 heteroatoms. The summed E-state index contributed by atoms with van der Waals surface area (Å²) in [5.41, 5.74) is 1.05. The minimum Gasteiger partial charge on any atom is -0.317 e. The summed E-state index contributed by atoms with van der Waals surface area (Å²) >= 11 is 3.44. The first-order valence-corrected chi connectivity index (χ1v) is 7.25. The zero-order valence-corrected chi connectivity index (χ0v) is 10.5. The quantitative estimate of drug-likeness (QED) is 0.892. The van der Waals surface area contributed by atoms with Crippen LogP contribution in [0.2, 0.25) is 0 Å². The minimum absolute atomic E-state index is 0.653. The van der Waals surface area contributed by atoms with Crippen molar-refractivity contribution in [2.45, 2.75) is 18.8 Å². The van der Waals surface area contributed by atoms with E-state index in [1.807, 2.05) is 11.6 Å². The fourth-order valence-electron chi connectivity index (χ4n) is 1.99. The zero-order chi connectivity index (χ0) is 10.8. The molecule has 0 aromatic carbocycles. The summed E-state index contributed by atoms with van der Waals surface area (Å²) in [6.45, 7) is 2.24. The van der Waals surface area contributed by atoms with Crippen LogP contribution in [0, 0.1) is 0 Å². The summed E-state index contributed by atoms with van der Waals surface area (Å²) in [4.78, 5) is 9.01. The van der Waals surface area contributed by atoms with Gasteiger partial charge in [-0.3, -0.25) is 0 Å². The van der Waals surface area contributed by atoms with Crippen LogP contribution in [0.4, 0.5) is 0 Å². The fraction of sp³-hybridized carbons (Fsp3) is 0.455. The van der Waals surface area contributed by atoms with Gasteiger partial charge in [-0.2, -0.15) is 0 Å². The average Bonchev–Trinajstić information content (AvgIpc) is 3.01. The second kappa shape index (κ2) is 4.61. The van der Waals surface area contributed by atoms with Crippen LogP contribution in [0.15, 0.2) is 17.0 Å². The van der Waals surface area contributed by atoms with Gasteiger partial charge in [0.15, 0.2) is 0 Å². The van der Waals surface area contributed by atoms with Crippen LogP contribution in [0.5, 0.6) is 0 Å². The third-order valence-electron chi connectivity index (χ3n) is 2.86. The molecule has 0 amide bonds. The van der Waals surface area contributed by atoms with E-state index in [1.54, 1.807) is 22.7 Å². The van der Waals surface area contributed by atoms with E-state index < -0.39 is 0 Å². The number of nitrogens with one attached hydrogen (secondary N) is 1. The van der Waals surface area contributed by atoms with Crippen molar-refractivity contribution in [1.29, 1.82) is 0 Å². The molecular weight excluding hydrogens is 238 g/mol. The molecule has 0 saturated carbocycles. The van der Waals surface area contributed by atoms with Crippen molar-refractivity contribution in [3.63, 3.8) is 0 Å². The normalized spacial score (nSPS) is 17.8. The number of hydrogen-bond acceptors (Lipinski definition) is 5. The average molecular weight is 251 g/mol. The van der Waals surface area contributed by atoms with Gasteiger partial charge in [-0.15, -0.1) is 22.7 Å². The first kappa shape index (κ1) is 10.4. The van der Waals surface area contributed by atoms with Gasteiger partial charge in [-0.1, -0.05) is 0 Å². The number of aromatic nitrogens is 2. The Bertz CT molecular complexity index is 444. The first-order valence-electron chi connectivity index (χ1n) is 5.49. The van der Waals surface area contributed by atoms with Crippen molar-refractivity contribution in [2.75, 3.05) is 13.1 Å². The highest BCUT2D eigenvalue weighted by Gasteiger charge is 2.19. The molecule has 2 aromatic heterocycles. The molecule has 1 aliphatic rings. The van der Waals surface area contributed by atoms with E-state index in [1.165, 1.54) is 17.8 Å². The van der Waals surface area contributed by atoms with E-state index in [2.05, 4.69) is 15.7 Å². The van der Waals surface area contributed by atoms with Gasteiger partial charge in [0.2, 0.25) is 0 Å². The van der Waals surface area contributed by atoms with Gasteiger partial charge < -0.3 is 5.32 Å². The number of thiazole rings is 2. The van der Waals surface area contributed by atoms with Gasteiger partial charge >= 0.3 is 0 Å². The van der Waals surface area contributed by atoms with E-state index >= 15 is 0 Å². The van der Waals surface area contributed by atoms with Crippen molar-refractivity contribution in [2.24, 2.45) is 0 Å². The summed E-state index contributed by atoms with van der Waals surface area (Å²) in [5, 5.41) is 9.84. The lowest BCUT2D eigenvalue weighted by atomic mass is 9.99. The van der Waals surface area contributed by atoms with Crippen LogP contribution in [0.3, 0.4) is 0 Å². The summed E-state index contributed by atoms with van der Waals surface area (Å²) in [7, 11) is 0. The molecule has 1 N–H and O–H groups in total. The Balaban J connectivity index is 1.82. The number of nitrogens with zero attached hydrogens (tertiary/aromatic N) is 2. The van der Waals surface area contributed by atoms with Crippen molar-refractivity contribution >= 4 is 22.7 Å². The van der Waals surface area contributed by atoms with Crippen LogP contribution in [0.1, 0.15) is 23.8 Å². The molecular formula is C11H13N3S2. The Morgan fingerprint density at radius 2 is 2.12 bits per heavy atom. The van der Waals surface area contributed by atoms with E-state index in [9.17, 15) is 0 Å². The van der Waals surface area contributed by atoms with Crippen molar-refractivity contribution in [3.8, 4) is 10.7 Å². The van der Waals surface area contributed by atoms with Gasteiger partial charge in [0.1, 0.15) is 10.7 Å². The lowest BCUT2D eigenvalue weighted by molar-refractivity contribution is 0.459. The fourth-order valence-corrected chi connectivity index (χ4v) is 3.64. The monoisotopic (exact) mass is 251 g/mol. The Morgan fingerprint density at radius 1 is 1.25 bits per heavy atom. The Morgan fingerprint density at radius 3 is 2.88 bits per heavy atom. The van der Waals surface area contributed by atoms with Gasteiger partial charge in [0.25, 0.3) is 0 Å². The molecule has 84 valence electrons. The zero-order valence-electron chi connectivity index (χ0n) is 8.85. The standard InChI is InChI=1S/C11H13N3S2/c1-3-12-4-2-8(1)10-14-9(7-16-10)11-13-5-6-15-11/h5-8,12H,1-4H2. The summed E-state index contributed by atoms with van der Waals surface area (Å²) in [6.07, 6.45) is 4.26. The SMILES string of the molecule is c1csc(-c2csc(C3CCNCC3)n2)n1. The Labute approximate surface area is 103 Å². The molecule has 3 nitrogen and oxygen atoms in total. The smallest absolute Gasteiger partial charge is 0.142 e. The molecule has 3 rings (SSSR count). The maximum Gasteiger partial charge on any atom is 0.142 e. The molecule has 3 heterocycles. The highest BCUT2D eigenvalue weighted by atomic mass is 32.1. The lowest BCUT2D eigenvalue weighted by Gasteiger charge is -2.20. The third kappa shape index (κ3) is 2.03.